The predicted octanol–water partition coefficient (Wildman–Crippen LogP) is 3.80. The van der Waals surface area contributed by atoms with E-state index >= 15 is 0 Å². The zero-order chi connectivity index (χ0) is 19.6. The number of hydrogen-bond acceptors (Lipinski definition) is 7. The van der Waals surface area contributed by atoms with Crippen molar-refractivity contribution in [2.45, 2.75) is 20.4 Å². The van der Waals surface area contributed by atoms with Crippen LogP contribution in [-0.4, -0.2) is 19.5 Å². The quantitative estimate of drug-likeness (QED) is 0.416. The monoisotopic (exact) mass is 369 g/mol. The molecule has 0 atom stereocenters. The largest absolute Gasteiger partial charge is 0.368 e. The average molecular weight is 369 g/mol. The first-order chi connectivity index (χ1) is 12.9. The number of nitro groups is 1. The molecule has 1 aromatic carbocycles. The lowest BCUT2D eigenvalue weighted by molar-refractivity contribution is -0.384. The molecule has 0 aliphatic heterocycles. The standard InChI is InChI=1S/C17H16FN7O2/c1-10-7-12(11(2)24(10)14-6-4-3-5-13(14)18)8-21-23-16-15(25(26)27)9-20-17(19)22-16/h3-7,9H,8H2,1-2H3,(H2,19,20,22). The fourth-order valence-corrected chi connectivity index (χ4v) is 2.75. The van der Waals surface area contributed by atoms with E-state index in [1.807, 2.05) is 19.9 Å². The van der Waals surface area contributed by atoms with E-state index in [9.17, 15) is 14.5 Å². The van der Waals surface area contributed by atoms with Gasteiger partial charge in [-0.15, -0.1) is 5.11 Å². The maximum Gasteiger partial charge on any atom is 0.333 e. The molecule has 2 aromatic heterocycles. The Bertz CT molecular complexity index is 1050. The van der Waals surface area contributed by atoms with Crippen LogP contribution in [0.4, 0.5) is 21.8 Å². The molecule has 27 heavy (non-hydrogen) atoms. The van der Waals surface area contributed by atoms with Crippen LogP contribution in [0.1, 0.15) is 17.0 Å². The van der Waals surface area contributed by atoms with Crippen LogP contribution < -0.4 is 5.73 Å². The van der Waals surface area contributed by atoms with Gasteiger partial charge in [-0.1, -0.05) is 12.1 Å². The molecule has 0 bridgehead atoms. The molecule has 3 rings (SSSR count). The first kappa shape index (κ1) is 18.1. The van der Waals surface area contributed by atoms with E-state index in [1.54, 1.807) is 22.8 Å². The Balaban J connectivity index is 1.90. The normalized spacial score (nSPS) is 11.2. The molecular weight excluding hydrogens is 353 g/mol. The minimum Gasteiger partial charge on any atom is -0.368 e. The number of rotatable bonds is 5. The van der Waals surface area contributed by atoms with Gasteiger partial charge < -0.3 is 10.3 Å². The Morgan fingerprint density at radius 3 is 2.78 bits per heavy atom. The third kappa shape index (κ3) is 3.64. The summed E-state index contributed by atoms with van der Waals surface area (Å²) >= 11 is 0. The van der Waals surface area contributed by atoms with Crippen molar-refractivity contribution in [3.8, 4) is 5.69 Å². The molecule has 0 fully saturated rings. The summed E-state index contributed by atoms with van der Waals surface area (Å²) in [6, 6.07) is 8.33. The van der Waals surface area contributed by atoms with Crippen molar-refractivity contribution < 1.29 is 9.31 Å². The van der Waals surface area contributed by atoms with Gasteiger partial charge in [-0.2, -0.15) is 10.1 Å². The predicted molar refractivity (Wildman–Crippen MR) is 96.5 cm³/mol. The third-order valence-electron chi connectivity index (χ3n) is 4.00. The number of anilines is 1. The number of para-hydroxylation sites is 1. The van der Waals surface area contributed by atoms with Gasteiger partial charge in [0, 0.05) is 11.4 Å². The van der Waals surface area contributed by atoms with Gasteiger partial charge in [0.15, 0.2) is 0 Å². The molecule has 0 aliphatic rings. The molecule has 10 heteroatoms. The summed E-state index contributed by atoms with van der Waals surface area (Å²) in [6.07, 6.45) is 0.987. The highest BCUT2D eigenvalue weighted by Crippen LogP contribution is 2.26. The second kappa shape index (κ2) is 7.28. The van der Waals surface area contributed by atoms with Crippen LogP contribution in [0.25, 0.3) is 5.69 Å². The van der Waals surface area contributed by atoms with Gasteiger partial charge in [-0.3, -0.25) is 10.1 Å². The fourth-order valence-electron chi connectivity index (χ4n) is 2.75. The summed E-state index contributed by atoms with van der Waals surface area (Å²) in [5.74, 6) is -0.678. The van der Waals surface area contributed by atoms with Crippen molar-refractivity contribution in [2.75, 3.05) is 5.73 Å². The Labute approximate surface area is 153 Å². The Hall–Kier alpha value is -3.69. The van der Waals surface area contributed by atoms with Crippen LogP contribution in [0.3, 0.4) is 0 Å². The van der Waals surface area contributed by atoms with Crippen LogP contribution in [0.15, 0.2) is 46.8 Å². The molecular formula is C17H16FN7O2. The van der Waals surface area contributed by atoms with E-state index in [4.69, 9.17) is 5.73 Å². The lowest BCUT2D eigenvalue weighted by atomic mass is 10.2. The number of hydrogen-bond donors (Lipinski definition) is 1. The van der Waals surface area contributed by atoms with Crippen molar-refractivity contribution in [3.05, 3.63) is 69.4 Å². The van der Waals surface area contributed by atoms with Gasteiger partial charge in [0.2, 0.25) is 5.95 Å². The van der Waals surface area contributed by atoms with E-state index < -0.39 is 4.92 Å². The molecule has 0 unspecified atom stereocenters. The number of nitrogens with zero attached hydrogens (tertiary/aromatic N) is 6. The van der Waals surface area contributed by atoms with Crippen LogP contribution in [-0.2, 0) is 6.54 Å². The zero-order valence-corrected chi connectivity index (χ0v) is 14.6. The van der Waals surface area contributed by atoms with E-state index in [1.165, 1.54) is 6.07 Å². The van der Waals surface area contributed by atoms with Crippen molar-refractivity contribution in [1.82, 2.24) is 14.5 Å². The summed E-state index contributed by atoms with van der Waals surface area (Å²) < 4.78 is 15.9. The van der Waals surface area contributed by atoms with Crippen molar-refractivity contribution >= 4 is 17.5 Å². The van der Waals surface area contributed by atoms with Gasteiger partial charge in [-0.05, 0) is 37.6 Å². The topological polar surface area (TPSA) is 125 Å². The van der Waals surface area contributed by atoms with Gasteiger partial charge in [0.25, 0.3) is 5.82 Å². The van der Waals surface area contributed by atoms with E-state index in [0.29, 0.717) is 5.69 Å². The summed E-state index contributed by atoms with van der Waals surface area (Å²) in [7, 11) is 0. The molecule has 3 aromatic rings. The van der Waals surface area contributed by atoms with Gasteiger partial charge in [0.1, 0.15) is 12.0 Å². The smallest absolute Gasteiger partial charge is 0.333 e. The number of benzene rings is 1. The molecule has 2 N–H and O–H groups in total. The maximum absolute atomic E-state index is 14.1. The second-order valence-electron chi connectivity index (χ2n) is 5.78. The number of azo groups is 1. The molecule has 0 spiro atoms. The van der Waals surface area contributed by atoms with Crippen LogP contribution >= 0.6 is 0 Å². The average Bonchev–Trinajstić information content (AvgIpc) is 2.89. The highest BCUT2D eigenvalue weighted by molar-refractivity contribution is 5.51. The first-order valence-corrected chi connectivity index (χ1v) is 7.95. The third-order valence-corrected chi connectivity index (χ3v) is 4.00. The summed E-state index contributed by atoms with van der Waals surface area (Å²) in [5.41, 5.74) is 7.95. The van der Waals surface area contributed by atoms with E-state index in [0.717, 1.165) is 23.1 Å². The molecule has 0 aliphatic carbocycles. The number of halogens is 1. The Morgan fingerprint density at radius 2 is 2.07 bits per heavy atom. The fraction of sp³-hybridized carbons (Fsp3) is 0.176. The Morgan fingerprint density at radius 1 is 1.33 bits per heavy atom. The molecule has 9 nitrogen and oxygen atoms in total. The maximum atomic E-state index is 14.1. The second-order valence-corrected chi connectivity index (χ2v) is 5.78. The van der Waals surface area contributed by atoms with Crippen molar-refractivity contribution in [3.63, 3.8) is 0 Å². The van der Waals surface area contributed by atoms with Crippen LogP contribution in [0.2, 0.25) is 0 Å². The van der Waals surface area contributed by atoms with Crippen LogP contribution in [0, 0.1) is 29.8 Å². The molecule has 0 saturated heterocycles. The lowest BCUT2D eigenvalue weighted by Gasteiger charge is -2.10. The van der Waals surface area contributed by atoms with Gasteiger partial charge in [-0.25, -0.2) is 9.37 Å². The SMILES string of the molecule is Cc1cc(CN=Nc2nc(N)ncc2[N+](=O)[O-])c(C)n1-c1ccccc1F. The van der Waals surface area contributed by atoms with E-state index in [-0.39, 0.29) is 29.8 Å². The first-order valence-electron chi connectivity index (χ1n) is 7.95. The molecule has 0 radical (unpaired) electrons. The summed E-state index contributed by atoms with van der Waals surface area (Å²) in [4.78, 5) is 17.7. The minimum atomic E-state index is -0.655. The number of aryl methyl sites for hydroxylation is 1. The molecule has 0 saturated carbocycles. The van der Waals surface area contributed by atoms with Gasteiger partial charge >= 0.3 is 5.69 Å². The number of aromatic nitrogens is 3. The van der Waals surface area contributed by atoms with Crippen molar-refractivity contribution in [1.29, 1.82) is 0 Å². The molecule has 0 amide bonds. The highest BCUT2D eigenvalue weighted by Gasteiger charge is 2.17. The number of nitrogens with two attached hydrogens (primary N) is 1. The van der Waals surface area contributed by atoms with Crippen LogP contribution in [0.5, 0.6) is 0 Å². The summed E-state index contributed by atoms with van der Waals surface area (Å²) in [6.45, 7) is 3.85. The number of nitrogen functional groups attached to an aromatic ring is 1. The zero-order valence-electron chi connectivity index (χ0n) is 14.6. The lowest BCUT2D eigenvalue weighted by Crippen LogP contribution is -2.02. The van der Waals surface area contributed by atoms with E-state index in [2.05, 4.69) is 20.2 Å². The Kier molecular flexibility index (Phi) is 4.88. The molecule has 2 heterocycles. The highest BCUT2D eigenvalue weighted by atomic mass is 19.1. The van der Waals surface area contributed by atoms with Gasteiger partial charge in [0.05, 0.1) is 17.2 Å². The minimum absolute atomic E-state index is 0.132. The molecule has 138 valence electrons. The van der Waals surface area contributed by atoms with Crippen molar-refractivity contribution in [2.24, 2.45) is 10.2 Å². The summed E-state index contributed by atoms with van der Waals surface area (Å²) in [5, 5.41) is 18.8.